The van der Waals surface area contributed by atoms with Gasteiger partial charge in [0.25, 0.3) is 0 Å². The third kappa shape index (κ3) is 3.17. The van der Waals surface area contributed by atoms with Crippen LogP contribution in [0.5, 0.6) is 5.75 Å². The average molecular weight is 239 g/mol. The molecule has 2 rings (SSSR count). The quantitative estimate of drug-likeness (QED) is 0.885. The fraction of sp³-hybridized carbons (Fsp3) is 0.182. The molecule has 0 aliphatic heterocycles. The van der Waals surface area contributed by atoms with Gasteiger partial charge in [0.15, 0.2) is 0 Å². The van der Waals surface area contributed by atoms with Gasteiger partial charge in [0.1, 0.15) is 29.8 Å². The smallest absolute Gasteiger partial charge is 0.145 e. The first-order valence-electron chi connectivity index (χ1n) is 5.01. The van der Waals surface area contributed by atoms with Crippen LogP contribution in [-0.2, 0) is 6.54 Å². The summed E-state index contributed by atoms with van der Waals surface area (Å²) in [6.45, 7) is 0.708. The molecule has 0 saturated heterocycles. The normalized spacial score (nSPS) is 10.5. The highest BCUT2D eigenvalue weighted by Crippen LogP contribution is 2.15. The van der Waals surface area contributed by atoms with Crippen molar-refractivity contribution >= 4 is 5.82 Å². The molecule has 0 aliphatic rings. The summed E-state index contributed by atoms with van der Waals surface area (Å²) in [5.74, 6) is -0.754. The number of benzene rings is 1. The van der Waals surface area contributed by atoms with Gasteiger partial charge in [0.05, 0.1) is 6.54 Å². The number of aromatic nitrogens is 2. The van der Waals surface area contributed by atoms with E-state index in [1.807, 2.05) is 0 Å². The van der Waals surface area contributed by atoms with Crippen LogP contribution < -0.4 is 10.5 Å². The Bertz CT molecular complexity index is 493. The maximum atomic E-state index is 12.8. The standard InChI is InChI=1S/C11H11F2N3O/c12-8-5-9(13)7-10(6-8)17-4-3-16-2-1-11(14)15-16/h1-2,5-7H,3-4H2,(H2,14,15). The molecule has 0 saturated carbocycles. The number of ether oxygens (including phenoxy) is 1. The van der Waals surface area contributed by atoms with Crippen LogP contribution in [0.25, 0.3) is 0 Å². The van der Waals surface area contributed by atoms with Crippen molar-refractivity contribution in [1.29, 1.82) is 0 Å². The minimum Gasteiger partial charge on any atom is -0.491 e. The van der Waals surface area contributed by atoms with Gasteiger partial charge in [-0.15, -0.1) is 0 Å². The Morgan fingerprint density at radius 3 is 2.53 bits per heavy atom. The van der Waals surface area contributed by atoms with Gasteiger partial charge >= 0.3 is 0 Å². The summed E-state index contributed by atoms with van der Waals surface area (Å²) < 4.78 is 32.4. The van der Waals surface area contributed by atoms with Crippen molar-refractivity contribution in [2.24, 2.45) is 0 Å². The molecule has 90 valence electrons. The van der Waals surface area contributed by atoms with E-state index in [0.29, 0.717) is 12.4 Å². The van der Waals surface area contributed by atoms with E-state index < -0.39 is 11.6 Å². The number of rotatable bonds is 4. The molecule has 17 heavy (non-hydrogen) atoms. The number of nitrogens with two attached hydrogens (primary N) is 1. The molecule has 1 aromatic heterocycles. The number of anilines is 1. The molecule has 0 unspecified atom stereocenters. The van der Waals surface area contributed by atoms with Crippen LogP contribution in [0.15, 0.2) is 30.5 Å². The maximum absolute atomic E-state index is 12.8. The van der Waals surface area contributed by atoms with Gasteiger partial charge in [-0.2, -0.15) is 5.10 Å². The molecule has 0 aliphatic carbocycles. The monoisotopic (exact) mass is 239 g/mol. The number of hydrogen-bond acceptors (Lipinski definition) is 3. The summed E-state index contributed by atoms with van der Waals surface area (Å²) in [5, 5.41) is 3.94. The maximum Gasteiger partial charge on any atom is 0.145 e. The summed E-state index contributed by atoms with van der Waals surface area (Å²) >= 11 is 0. The van der Waals surface area contributed by atoms with Gasteiger partial charge in [0, 0.05) is 24.4 Å². The Labute approximate surface area is 96.6 Å². The summed E-state index contributed by atoms with van der Waals surface area (Å²) in [6, 6.07) is 4.70. The van der Waals surface area contributed by atoms with Crippen molar-refractivity contribution < 1.29 is 13.5 Å². The van der Waals surface area contributed by atoms with E-state index in [-0.39, 0.29) is 12.4 Å². The molecule has 0 radical (unpaired) electrons. The van der Waals surface area contributed by atoms with E-state index in [2.05, 4.69) is 5.10 Å². The molecule has 6 heteroatoms. The number of hydrogen-bond donors (Lipinski definition) is 1. The van der Waals surface area contributed by atoms with Crippen molar-refractivity contribution in [3.05, 3.63) is 42.1 Å². The third-order valence-corrected chi connectivity index (χ3v) is 2.09. The van der Waals surface area contributed by atoms with Crippen LogP contribution in [0, 0.1) is 11.6 Å². The van der Waals surface area contributed by atoms with Crippen LogP contribution in [-0.4, -0.2) is 16.4 Å². The molecule has 0 fully saturated rings. The lowest BCUT2D eigenvalue weighted by atomic mass is 10.3. The van der Waals surface area contributed by atoms with E-state index in [9.17, 15) is 8.78 Å². The summed E-state index contributed by atoms with van der Waals surface area (Å²) in [4.78, 5) is 0. The Hall–Kier alpha value is -2.11. The first kappa shape index (κ1) is 11.4. The van der Waals surface area contributed by atoms with Crippen LogP contribution in [0.2, 0.25) is 0 Å². The minimum atomic E-state index is -0.664. The van der Waals surface area contributed by atoms with Crippen LogP contribution in [0.4, 0.5) is 14.6 Å². The average Bonchev–Trinajstić information content (AvgIpc) is 2.63. The van der Waals surface area contributed by atoms with Crippen molar-refractivity contribution in [3.63, 3.8) is 0 Å². The predicted molar refractivity (Wildman–Crippen MR) is 58.5 cm³/mol. The molecule has 4 nitrogen and oxygen atoms in total. The second-order valence-electron chi connectivity index (χ2n) is 3.46. The van der Waals surface area contributed by atoms with Gasteiger partial charge in [-0.1, -0.05) is 0 Å². The number of nitrogens with zero attached hydrogens (tertiary/aromatic N) is 2. The lowest BCUT2D eigenvalue weighted by Gasteiger charge is -2.06. The Balaban J connectivity index is 1.89. The molecule has 0 bridgehead atoms. The first-order valence-corrected chi connectivity index (χ1v) is 5.01. The highest BCUT2D eigenvalue weighted by Gasteiger charge is 2.01. The van der Waals surface area contributed by atoms with Crippen molar-refractivity contribution in [1.82, 2.24) is 9.78 Å². The fourth-order valence-electron chi connectivity index (χ4n) is 1.37. The lowest BCUT2D eigenvalue weighted by molar-refractivity contribution is 0.288. The van der Waals surface area contributed by atoms with Crippen LogP contribution >= 0.6 is 0 Å². The molecule has 1 heterocycles. The van der Waals surface area contributed by atoms with Gasteiger partial charge in [-0.3, -0.25) is 4.68 Å². The molecule has 0 atom stereocenters. The lowest BCUT2D eigenvalue weighted by Crippen LogP contribution is -2.09. The summed E-state index contributed by atoms with van der Waals surface area (Å²) in [7, 11) is 0. The number of nitrogen functional groups attached to an aromatic ring is 1. The molecule has 0 amide bonds. The highest BCUT2D eigenvalue weighted by molar-refractivity contribution is 5.24. The summed E-state index contributed by atoms with van der Waals surface area (Å²) in [6.07, 6.45) is 1.70. The molecule has 1 aromatic carbocycles. The second-order valence-corrected chi connectivity index (χ2v) is 3.46. The Morgan fingerprint density at radius 1 is 1.24 bits per heavy atom. The zero-order valence-electron chi connectivity index (χ0n) is 8.94. The second kappa shape index (κ2) is 4.82. The zero-order chi connectivity index (χ0) is 12.3. The van der Waals surface area contributed by atoms with Gasteiger partial charge in [-0.05, 0) is 6.07 Å². The molecule has 2 aromatic rings. The fourth-order valence-corrected chi connectivity index (χ4v) is 1.37. The van der Waals surface area contributed by atoms with Crippen molar-refractivity contribution in [2.45, 2.75) is 6.54 Å². The van der Waals surface area contributed by atoms with E-state index >= 15 is 0 Å². The molecular formula is C11H11F2N3O. The van der Waals surface area contributed by atoms with Crippen LogP contribution in [0.1, 0.15) is 0 Å². The molecule has 0 spiro atoms. The largest absolute Gasteiger partial charge is 0.491 e. The van der Waals surface area contributed by atoms with E-state index in [1.54, 1.807) is 16.9 Å². The molecular weight excluding hydrogens is 228 g/mol. The Morgan fingerprint density at radius 2 is 1.94 bits per heavy atom. The summed E-state index contributed by atoms with van der Waals surface area (Å²) in [5.41, 5.74) is 5.43. The number of halogens is 2. The zero-order valence-corrected chi connectivity index (χ0v) is 8.94. The van der Waals surface area contributed by atoms with E-state index in [4.69, 9.17) is 10.5 Å². The SMILES string of the molecule is Nc1ccn(CCOc2cc(F)cc(F)c2)n1. The Kier molecular flexibility index (Phi) is 3.22. The minimum absolute atomic E-state index is 0.155. The van der Waals surface area contributed by atoms with Crippen molar-refractivity contribution in [2.75, 3.05) is 12.3 Å². The molecule has 2 N–H and O–H groups in total. The third-order valence-electron chi connectivity index (χ3n) is 2.09. The van der Waals surface area contributed by atoms with Gasteiger partial charge < -0.3 is 10.5 Å². The van der Waals surface area contributed by atoms with Gasteiger partial charge in [-0.25, -0.2) is 8.78 Å². The van der Waals surface area contributed by atoms with Crippen molar-refractivity contribution in [3.8, 4) is 5.75 Å². The topological polar surface area (TPSA) is 53.1 Å². The van der Waals surface area contributed by atoms with Crippen LogP contribution in [0.3, 0.4) is 0 Å². The van der Waals surface area contributed by atoms with Gasteiger partial charge in [0.2, 0.25) is 0 Å². The highest BCUT2D eigenvalue weighted by atomic mass is 19.1. The first-order chi connectivity index (χ1) is 8.13. The van der Waals surface area contributed by atoms with E-state index in [1.165, 1.54) is 0 Å². The predicted octanol–water partition coefficient (Wildman–Crippen LogP) is 1.82. The van der Waals surface area contributed by atoms with E-state index in [0.717, 1.165) is 18.2 Å².